The Kier molecular flexibility index (Phi) is 2.27. The minimum absolute atomic E-state index is 0.136. The highest BCUT2D eigenvalue weighted by Crippen LogP contribution is 2.13. The zero-order chi connectivity index (χ0) is 8.43. The van der Waals surface area contributed by atoms with Crippen LogP contribution in [0.3, 0.4) is 0 Å². The van der Waals surface area contributed by atoms with E-state index in [2.05, 4.69) is 5.10 Å². The van der Waals surface area contributed by atoms with Crippen molar-refractivity contribution in [2.75, 3.05) is 0 Å². The third kappa shape index (κ3) is 1.59. The molecule has 0 fully saturated rings. The van der Waals surface area contributed by atoms with Gasteiger partial charge in [-0.15, -0.1) is 0 Å². The fourth-order valence-corrected chi connectivity index (χ4v) is 1.10. The minimum atomic E-state index is 0.136. The van der Waals surface area contributed by atoms with Crippen LogP contribution in [0.15, 0.2) is 5.10 Å². The molecule has 0 aromatic carbocycles. The fraction of sp³-hybridized carbons (Fsp3) is 0.750. The van der Waals surface area contributed by atoms with E-state index in [0.29, 0.717) is 6.42 Å². The highest BCUT2D eigenvalue weighted by Gasteiger charge is 2.24. The molecule has 1 rings (SSSR count). The minimum Gasteiger partial charge on any atom is -0.273 e. The van der Waals surface area contributed by atoms with Gasteiger partial charge in [-0.05, 0) is 20.3 Å². The van der Waals surface area contributed by atoms with E-state index in [4.69, 9.17) is 0 Å². The summed E-state index contributed by atoms with van der Waals surface area (Å²) in [5.41, 5.74) is 1.00. The number of nitrogens with zero attached hydrogens (tertiary/aromatic N) is 2. The maximum Gasteiger partial charge on any atom is 0.248 e. The van der Waals surface area contributed by atoms with Crippen LogP contribution in [0.4, 0.5) is 0 Å². The zero-order valence-electron chi connectivity index (χ0n) is 7.29. The molecule has 0 unspecified atom stereocenters. The molecule has 0 aromatic heterocycles. The normalized spacial score (nSPS) is 18.0. The lowest BCUT2D eigenvalue weighted by Gasteiger charge is -2.15. The first kappa shape index (κ1) is 8.24. The van der Waals surface area contributed by atoms with Gasteiger partial charge in [0.2, 0.25) is 5.91 Å². The van der Waals surface area contributed by atoms with Crippen LogP contribution in [-0.4, -0.2) is 22.7 Å². The largest absolute Gasteiger partial charge is 0.273 e. The summed E-state index contributed by atoms with van der Waals surface area (Å²) in [7, 11) is 0. The SMILES string of the molecule is CCC1=NN(C(C)C)C(=O)C1. The van der Waals surface area contributed by atoms with E-state index in [9.17, 15) is 4.79 Å². The number of amides is 1. The fourth-order valence-electron chi connectivity index (χ4n) is 1.10. The summed E-state index contributed by atoms with van der Waals surface area (Å²) in [6.07, 6.45) is 1.41. The molecule has 3 heteroatoms. The summed E-state index contributed by atoms with van der Waals surface area (Å²) < 4.78 is 0. The topological polar surface area (TPSA) is 32.7 Å². The quantitative estimate of drug-likeness (QED) is 0.591. The van der Waals surface area contributed by atoms with Gasteiger partial charge in [0.15, 0.2) is 0 Å². The summed E-state index contributed by atoms with van der Waals surface area (Å²) in [6, 6.07) is 0.201. The van der Waals surface area contributed by atoms with Crippen LogP contribution < -0.4 is 0 Å². The molecule has 1 aliphatic rings. The molecule has 0 saturated heterocycles. The maximum absolute atomic E-state index is 11.2. The number of carbonyl (C=O) groups excluding carboxylic acids is 1. The first-order chi connectivity index (χ1) is 5.15. The molecule has 1 amide bonds. The van der Waals surface area contributed by atoms with Gasteiger partial charge in [0.05, 0.1) is 6.42 Å². The average Bonchev–Trinajstić information content (AvgIpc) is 2.30. The Hall–Kier alpha value is -0.860. The highest BCUT2D eigenvalue weighted by atomic mass is 16.2. The van der Waals surface area contributed by atoms with Crippen LogP contribution in [0.2, 0.25) is 0 Å². The van der Waals surface area contributed by atoms with Gasteiger partial charge in [-0.1, -0.05) is 6.92 Å². The molecule has 3 nitrogen and oxygen atoms in total. The lowest BCUT2D eigenvalue weighted by molar-refractivity contribution is -0.130. The van der Waals surface area contributed by atoms with Gasteiger partial charge in [-0.3, -0.25) is 4.79 Å². The van der Waals surface area contributed by atoms with Crippen LogP contribution in [0.1, 0.15) is 33.6 Å². The van der Waals surface area contributed by atoms with Gasteiger partial charge in [-0.2, -0.15) is 5.10 Å². The van der Waals surface area contributed by atoms with Crippen molar-refractivity contribution >= 4 is 11.6 Å². The van der Waals surface area contributed by atoms with Crippen molar-refractivity contribution in [3.05, 3.63) is 0 Å². The van der Waals surface area contributed by atoms with Gasteiger partial charge in [0.25, 0.3) is 0 Å². The number of hydrazone groups is 1. The van der Waals surface area contributed by atoms with E-state index >= 15 is 0 Å². The summed E-state index contributed by atoms with van der Waals surface area (Å²) in [4.78, 5) is 11.2. The molecule has 0 spiro atoms. The predicted molar refractivity (Wildman–Crippen MR) is 44.3 cm³/mol. The van der Waals surface area contributed by atoms with Gasteiger partial charge < -0.3 is 0 Å². The number of rotatable bonds is 2. The van der Waals surface area contributed by atoms with Crippen LogP contribution in [-0.2, 0) is 4.79 Å². The van der Waals surface area contributed by atoms with Gasteiger partial charge >= 0.3 is 0 Å². The Morgan fingerprint density at radius 2 is 2.27 bits per heavy atom. The van der Waals surface area contributed by atoms with Crippen molar-refractivity contribution in [1.29, 1.82) is 0 Å². The van der Waals surface area contributed by atoms with E-state index in [1.54, 1.807) is 5.01 Å². The second-order valence-corrected chi connectivity index (χ2v) is 3.03. The second-order valence-electron chi connectivity index (χ2n) is 3.03. The second kappa shape index (κ2) is 3.03. The predicted octanol–water partition coefficient (Wildman–Crippen LogP) is 1.39. The van der Waals surface area contributed by atoms with Crippen molar-refractivity contribution < 1.29 is 4.79 Å². The number of hydrogen-bond acceptors (Lipinski definition) is 2. The molecular formula is C8H14N2O. The van der Waals surface area contributed by atoms with Gasteiger partial charge in [0.1, 0.15) is 0 Å². The molecule has 1 heterocycles. The molecule has 11 heavy (non-hydrogen) atoms. The Morgan fingerprint density at radius 1 is 1.64 bits per heavy atom. The van der Waals surface area contributed by atoms with Gasteiger partial charge in [-0.25, -0.2) is 5.01 Å². The molecule has 0 bridgehead atoms. The van der Waals surface area contributed by atoms with Crippen LogP contribution in [0, 0.1) is 0 Å². The summed E-state index contributed by atoms with van der Waals surface area (Å²) >= 11 is 0. The zero-order valence-corrected chi connectivity index (χ0v) is 7.29. The maximum atomic E-state index is 11.2. The van der Waals surface area contributed by atoms with Crippen LogP contribution >= 0.6 is 0 Å². The van der Waals surface area contributed by atoms with Crippen molar-refractivity contribution in [2.45, 2.75) is 39.7 Å². The smallest absolute Gasteiger partial charge is 0.248 e. The van der Waals surface area contributed by atoms with Crippen LogP contribution in [0.5, 0.6) is 0 Å². The third-order valence-electron chi connectivity index (χ3n) is 1.76. The highest BCUT2D eigenvalue weighted by molar-refractivity contribution is 6.04. The first-order valence-electron chi connectivity index (χ1n) is 4.03. The molecule has 0 N–H and O–H groups in total. The van der Waals surface area contributed by atoms with E-state index < -0.39 is 0 Å². The summed E-state index contributed by atoms with van der Waals surface area (Å²) in [6.45, 7) is 5.97. The Labute approximate surface area is 67.1 Å². The van der Waals surface area contributed by atoms with E-state index in [-0.39, 0.29) is 11.9 Å². The average molecular weight is 154 g/mol. The molecule has 62 valence electrons. The van der Waals surface area contributed by atoms with Crippen molar-refractivity contribution in [1.82, 2.24) is 5.01 Å². The van der Waals surface area contributed by atoms with E-state index in [1.165, 1.54) is 0 Å². The number of hydrogen-bond donors (Lipinski definition) is 0. The standard InChI is InChI=1S/C8H14N2O/c1-4-7-5-8(11)10(9-7)6(2)3/h6H,4-5H2,1-3H3. The van der Waals surface area contributed by atoms with Crippen molar-refractivity contribution in [3.63, 3.8) is 0 Å². The molecule has 0 aliphatic carbocycles. The molecule has 1 aliphatic heterocycles. The molecule has 0 radical (unpaired) electrons. The van der Waals surface area contributed by atoms with Gasteiger partial charge in [0, 0.05) is 11.8 Å². The first-order valence-corrected chi connectivity index (χ1v) is 4.03. The Balaban J connectivity index is 2.68. The molecule has 0 atom stereocenters. The van der Waals surface area contributed by atoms with Crippen LogP contribution in [0.25, 0.3) is 0 Å². The van der Waals surface area contributed by atoms with Crippen molar-refractivity contribution in [3.8, 4) is 0 Å². The summed E-state index contributed by atoms with van der Waals surface area (Å²) in [5, 5.41) is 5.76. The third-order valence-corrected chi connectivity index (χ3v) is 1.76. The lowest BCUT2D eigenvalue weighted by Crippen LogP contribution is -2.27. The Bertz CT molecular complexity index is 196. The Morgan fingerprint density at radius 3 is 2.55 bits per heavy atom. The summed E-state index contributed by atoms with van der Waals surface area (Å²) in [5.74, 6) is 0.136. The monoisotopic (exact) mass is 154 g/mol. The number of carbonyl (C=O) groups is 1. The molecular weight excluding hydrogens is 140 g/mol. The molecule has 0 saturated carbocycles. The van der Waals surface area contributed by atoms with E-state index in [0.717, 1.165) is 12.1 Å². The lowest BCUT2D eigenvalue weighted by atomic mass is 10.2. The van der Waals surface area contributed by atoms with E-state index in [1.807, 2.05) is 20.8 Å². The van der Waals surface area contributed by atoms with Crippen molar-refractivity contribution in [2.24, 2.45) is 5.10 Å². The molecule has 0 aromatic rings.